The summed E-state index contributed by atoms with van der Waals surface area (Å²) in [7, 11) is 4.19. The third-order valence-electron chi connectivity index (χ3n) is 3.50. The van der Waals surface area contributed by atoms with Crippen molar-refractivity contribution in [2.45, 2.75) is 32.2 Å². The summed E-state index contributed by atoms with van der Waals surface area (Å²) in [6.07, 6.45) is 3.29. The Kier molecular flexibility index (Phi) is 3.96. The van der Waals surface area contributed by atoms with Gasteiger partial charge in [0.15, 0.2) is 0 Å². The highest BCUT2D eigenvalue weighted by Gasteiger charge is 2.23. The van der Waals surface area contributed by atoms with E-state index in [4.69, 9.17) is 5.73 Å². The molecule has 2 heterocycles. The van der Waals surface area contributed by atoms with Gasteiger partial charge in [0.1, 0.15) is 5.82 Å². The molecule has 18 heavy (non-hydrogen) atoms. The number of aryl methyl sites for hydroxylation is 1. The Morgan fingerprint density at radius 1 is 1.39 bits per heavy atom. The van der Waals surface area contributed by atoms with Gasteiger partial charge in [-0.3, -0.25) is 0 Å². The molecule has 0 amide bonds. The second-order valence-electron chi connectivity index (χ2n) is 4.92. The maximum Gasteiger partial charge on any atom is 0.230 e. The molecule has 2 rings (SSSR count). The number of hydrogen-bond donors (Lipinski definition) is 1. The first kappa shape index (κ1) is 13.0. The van der Waals surface area contributed by atoms with E-state index in [1.54, 1.807) is 0 Å². The SMILES string of the molecule is CCc1nc(N)nc(N(C)CC2CCCN2C)n1. The van der Waals surface area contributed by atoms with Crippen LogP contribution in [-0.4, -0.2) is 53.1 Å². The van der Waals surface area contributed by atoms with Crippen LogP contribution in [0.3, 0.4) is 0 Å². The minimum absolute atomic E-state index is 0.309. The van der Waals surface area contributed by atoms with E-state index >= 15 is 0 Å². The van der Waals surface area contributed by atoms with Crippen LogP contribution >= 0.6 is 0 Å². The summed E-state index contributed by atoms with van der Waals surface area (Å²) in [6.45, 7) is 4.13. The Bertz CT molecular complexity index is 408. The second-order valence-corrected chi connectivity index (χ2v) is 4.92. The first-order valence-electron chi connectivity index (χ1n) is 6.52. The van der Waals surface area contributed by atoms with Crippen LogP contribution in [-0.2, 0) is 6.42 Å². The maximum absolute atomic E-state index is 5.71. The van der Waals surface area contributed by atoms with Crippen LogP contribution in [0.2, 0.25) is 0 Å². The fourth-order valence-electron chi connectivity index (χ4n) is 2.36. The molecule has 6 nitrogen and oxygen atoms in total. The minimum atomic E-state index is 0.309. The number of hydrogen-bond acceptors (Lipinski definition) is 6. The molecule has 0 aliphatic carbocycles. The second kappa shape index (κ2) is 5.48. The summed E-state index contributed by atoms with van der Waals surface area (Å²) in [4.78, 5) is 17.2. The zero-order chi connectivity index (χ0) is 13.1. The van der Waals surface area contributed by atoms with Gasteiger partial charge >= 0.3 is 0 Å². The van der Waals surface area contributed by atoms with Gasteiger partial charge in [0.25, 0.3) is 0 Å². The van der Waals surface area contributed by atoms with E-state index in [2.05, 4.69) is 31.8 Å². The molecule has 1 atom stereocenters. The molecule has 0 bridgehead atoms. The van der Waals surface area contributed by atoms with Gasteiger partial charge in [0.2, 0.25) is 11.9 Å². The van der Waals surface area contributed by atoms with Gasteiger partial charge < -0.3 is 15.5 Å². The van der Waals surface area contributed by atoms with Crippen LogP contribution in [0.15, 0.2) is 0 Å². The monoisotopic (exact) mass is 250 g/mol. The third kappa shape index (κ3) is 2.87. The molecule has 2 N–H and O–H groups in total. The summed E-state index contributed by atoms with van der Waals surface area (Å²) in [5.74, 6) is 1.74. The summed E-state index contributed by atoms with van der Waals surface area (Å²) < 4.78 is 0. The molecule has 1 aliphatic rings. The number of aromatic nitrogens is 3. The van der Waals surface area contributed by atoms with Gasteiger partial charge in [-0.1, -0.05) is 6.92 Å². The number of anilines is 2. The molecule has 1 aliphatic heterocycles. The van der Waals surface area contributed by atoms with Crippen molar-refractivity contribution in [2.24, 2.45) is 0 Å². The van der Waals surface area contributed by atoms with Crippen LogP contribution in [0.5, 0.6) is 0 Å². The number of nitrogens with two attached hydrogens (primary N) is 1. The molecular formula is C12H22N6. The largest absolute Gasteiger partial charge is 0.368 e. The van der Waals surface area contributed by atoms with E-state index in [0.29, 0.717) is 17.9 Å². The lowest BCUT2D eigenvalue weighted by molar-refractivity contribution is 0.313. The zero-order valence-corrected chi connectivity index (χ0v) is 11.4. The summed E-state index contributed by atoms with van der Waals surface area (Å²) >= 11 is 0. The van der Waals surface area contributed by atoms with E-state index in [-0.39, 0.29) is 0 Å². The van der Waals surface area contributed by atoms with Crippen molar-refractivity contribution >= 4 is 11.9 Å². The lowest BCUT2D eigenvalue weighted by atomic mass is 10.2. The number of rotatable bonds is 4. The van der Waals surface area contributed by atoms with E-state index in [1.165, 1.54) is 19.4 Å². The third-order valence-corrected chi connectivity index (χ3v) is 3.50. The Morgan fingerprint density at radius 3 is 2.78 bits per heavy atom. The molecule has 0 saturated carbocycles. The van der Waals surface area contributed by atoms with Crippen molar-refractivity contribution in [3.8, 4) is 0 Å². The lowest BCUT2D eigenvalue weighted by Crippen LogP contribution is -2.37. The number of likely N-dealkylation sites (tertiary alicyclic amines) is 1. The van der Waals surface area contributed by atoms with E-state index in [1.807, 2.05) is 14.0 Å². The molecule has 1 saturated heterocycles. The van der Waals surface area contributed by atoms with Crippen molar-refractivity contribution in [3.63, 3.8) is 0 Å². The van der Waals surface area contributed by atoms with Crippen molar-refractivity contribution in [1.82, 2.24) is 19.9 Å². The average Bonchev–Trinajstić information content (AvgIpc) is 2.74. The van der Waals surface area contributed by atoms with Crippen LogP contribution in [0.25, 0.3) is 0 Å². The first-order valence-corrected chi connectivity index (χ1v) is 6.52. The molecular weight excluding hydrogens is 228 g/mol. The van der Waals surface area contributed by atoms with Gasteiger partial charge in [-0.2, -0.15) is 15.0 Å². The topological polar surface area (TPSA) is 71.2 Å². The Hall–Kier alpha value is -1.43. The van der Waals surface area contributed by atoms with Gasteiger partial charge in [-0.15, -0.1) is 0 Å². The van der Waals surface area contributed by atoms with Gasteiger partial charge in [0, 0.05) is 26.1 Å². The number of likely N-dealkylation sites (N-methyl/N-ethyl adjacent to an activating group) is 2. The quantitative estimate of drug-likeness (QED) is 0.841. The normalized spacial score (nSPS) is 20.3. The first-order chi connectivity index (χ1) is 8.60. The highest BCUT2D eigenvalue weighted by atomic mass is 15.3. The van der Waals surface area contributed by atoms with Gasteiger partial charge in [-0.05, 0) is 26.4 Å². The van der Waals surface area contributed by atoms with E-state index in [9.17, 15) is 0 Å². The van der Waals surface area contributed by atoms with Crippen LogP contribution < -0.4 is 10.6 Å². The molecule has 6 heteroatoms. The minimum Gasteiger partial charge on any atom is -0.368 e. The predicted molar refractivity (Wildman–Crippen MR) is 72.5 cm³/mol. The van der Waals surface area contributed by atoms with E-state index < -0.39 is 0 Å². The maximum atomic E-state index is 5.71. The fraction of sp³-hybridized carbons (Fsp3) is 0.750. The smallest absolute Gasteiger partial charge is 0.230 e. The Morgan fingerprint density at radius 2 is 2.17 bits per heavy atom. The fourth-order valence-corrected chi connectivity index (χ4v) is 2.36. The van der Waals surface area contributed by atoms with Crippen molar-refractivity contribution in [3.05, 3.63) is 5.82 Å². The lowest BCUT2D eigenvalue weighted by Gasteiger charge is -2.25. The molecule has 1 unspecified atom stereocenters. The predicted octanol–water partition coefficient (Wildman–Crippen LogP) is 0.547. The van der Waals surface area contributed by atoms with Crippen molar-refractivity contribution in [2.75, 3.05) is 37.8 Å². The van der Waals surface area contributed by atoms with Crippen LogP contribution in [0, 0.1) is 0 Å². The molecule has 0 spiro atoms. The molecule has 100 valence electrons. The zero-order valence-electron chi connectivity index (χ0n) is 11.4. The van der Waals surface area contributed by atoms with Gasteiger partial charge in [-0.25, -0.2) is 0 Å². The highest BCUT2D eigenvalue weighted by Crippen LogP contribution is 2.17. The summed E-state index contributed by atoms with van der Waals surface area (Å²) in [6, 6.07) is 0.582. The van der Waals surface area contributed by atoms with Crippen molar-refractivity contribution < 1.29 is 0 Å². The Balaban J connectivity index is 2.08. The van der Waals surface area contributed by atoms with Crippen LogP contribution in [0.4, 0.5) is 11.9 Å². The van der Waals surface area contributed by atoms with Crippen molar-refractivity contribution in [1.29, 1.82) is 0 Å². The summed E-state index contributed by atoms with van der Waals surface area (Å²) in [5, 5.41) is 0. The Labute approximate surface area is 108 Å². The molecule has 1 aromatic heterocycles. The van der Waals surface area contributed by atoms with Gasteiger partial charge in [0.05, 0.1) is 0 Å². The number of nitrogen functional groups attached to an aromatic ring is 1. The standard InChI is InChI=1S/C12H22N6/c1-4-10-14-11(13)16-12(15-10)18(3)8-9-6-5-7-17(9)2/h9H,4-8H2,1-3H3,(H2,13,14,15,16). The molecule has 1 aromatic rings. The average molecular weight is 250 g/mol. The van der Waals surface area contributed by atoms with E-state index in [0.717, 1.165) is 18.8 Å². The molecule has 0 radical (unpaired) electrons. The molecule has 0 aromatic carbocycles. The highest BCUT2D eigenvalue weighted by molar-refractivity contribution is 5.34. The molecule has 1 fully saturated rings. The number of nitrogens with zero attached hydrogens (tertiary/aromatic N) is 5. The van der Waals surface area contributed by atoms with Crippen LogP contribution in [0.1, 0.15) is 25.6 Å². The summed E-state index contributed by atoms with van der Waals surface area (Å²) in [5.41, 5.74) is 5.71.